The van der Waals surface area contributed by atoms with Crippen LogP contribution in [-0.4, -0.2) is 19.5 Å². The molecule has 0 saturated heterocycles. The summed E-state index contributed by atoms with van der Waals surface area (Å²) < 4.78 is 10.5. The molecule has 1 aromatic carbocycles. The lowest BCUT2D eigenvalue weighted by atomic mass is 10.1. The molecule has 0 heterocycles. The van der Waals surface area contributed by atoms with Crippen molar-refractivity contribution in [2.75, 3.05) is 13.7 Å². The maximum absolute atomic E-state index is 10.8. The predicted octanol–water partition coefficient (Wildman–Crippen LogP) is 2.23. The van der Waals surface area contributed by atoms with Crippen molar-refractivity contribution >= 4 is 5.78 Å². The summed E-state index contributed by atoms with van der Waals surface area (Å²) in [5, 5.41) is 0. The molecule has 0 amide bonds. The first kappa shape index (κ1) is 11.6. The second kappa shape index (κ2) is 5.39. The molecule has 0 aliphatic heterocycles. The Morgan fingerprint density at radius 1 is 1.33 bits per heavy atom. The van der Waals surface area contributed by atoms with Gasteiger partial charge in [0.1, 0.15) is 6.61 Å². The average Bonchev–Trinajstić information content (AvgIpc) is 2.25. The Balaban J connectivity index is 2.82. The van der Waals surface area contributed by atoms with Crippen LogP contribution in [0.4, 0.5) is 0 Å². The summed E-state index contributed by atoms with van der Waals surface area (Å²) in [5.74, 6) is 1.29. The van der Waals surface area contributed by atoms with Crippen LogP contribution < -0.4 is 9.47 Å². The van der Waals surface area contributed by atoms with Gasteiger partial charge in [0.2, 0.25) is 0 Å². The van der Waals surface area contributed by atoms with Crippen LogP contribution in [0.5, 0.6) is 11.5 Å². The van der Waals surface area contributed by atoms with E-state index < -0.39 is 0 Å². The van der Waals surface area contributed by atoms with Gasteiger partial charge in [-0.1, -0.05) is 13.0 Å². The van der Waals surface area contributed by atoms with Crippen molar-refractivity contribution in [3.05, 3.63) is 23.8 Å². The van der Waals surface area contributed by atoms with Gasteiger partial charge < -0.3 is 9.47 Å². The predicted molar refractivity (Wildman–Crippen MR) is 58.5 cm³/mol. The van der Waals surface area contributed by atoms with E-state index in [0.29, 0.717) is 11.5 Å². The van der Waals surface area contributed by atoms with E-state index in [1.165, 1.54) is 12.5 Å². The maximum Gasteiger partial charge on any atom is 0.167 e. The number of aryl methyl sites for hydroxylation is 1. The highest BCUT2D eigenvalue weighted by Gasteiger charge is 2.05. The highest BCUT2D eigenvalue weighted by Crippen LogP contribution is 2.28. The van der Waals surface area contributed by atoms with Crippen molar-refractivity contribution in [2.45, 2.75) is 20.3 Å². The third-order valence-electron chi connectivity index (χ3n) is 2.07. The van der Waals surface area contributed by atoms with Gasteiger partial charge in [0.05, 0.1) is 7.11 Å². The van der Waals surface area contributed by atoms with Crippen LogP contribution in [0.25, 0.3) is 0 Å². The summed E-state index contributed by atoms with van der Waals surface area (Å²) in [5.41, 5.74) is 1.18. The number of methoxy groups -OCH3 is 1. The monoisotopic (exact) mass is 208 g/mol. The molecule has 0 aliphatic rings. The number of ketones is 1. The Kier molecular flexibility index (Phi) is 4.16. The molecule has 1 aromatic rings. The Labute approximate surface area is 90.0 Å². The Hall–Kier alpha value is -1.51. The number of carbonyl (C=O) groups excluding carboxylic acids is 1. The van der Waals surface area contributed by atoms with Gasteiger partial charge in [-0.05, 0) is 31.0 Å². The average molecular weight is 208 g/mol. The number of hydrogen-bond donors (Lipinski definition) is 0. The third kappa shape index (κ3) is 3.27. The van der Waals surface area contributed by atoms with Gasteiger partial charge in [0.15, 0.2) is 17.3 Å². The van der Waals surface area contributed by atoms with Gasteiger partial charge in [0.25, 0.3) is 0 Å². The minimum Gasteiger partial charge on any atom is -0.493 e. The zero-order chi connectivity index (χ0) is 11.3. The highest BCUT2D eigenvalue weighted by atomic mass is 16.5. The summed E-state index contributed by atoms with van der Waals surface area (Å²) in [6.45, 7) is 3.65. The van der Waals surface area contributed by atoms with E-state index >= 15 is 0 Å². The summed E-state index contributed by atoms with van der Waals surface area (Å²) in [7, 11) is 1.59. The lowest BCUT2D eigenvalue weighted by molar-refractivity contribution is -0.118. The van der Waals surface area contributed by atoms with Gasteiger partial charge >= 0.3 is 0 Å². The highest BCUT2D eigenvalue weighted by molar-refractivity contribution is 5.77. The largest absolute Gasteiger partial charge is 0.493 e. The summed E-state index contributed by atoms with van der Waals surface area (Å²) in [6.07, 6.45) is 0.948. The minimum atomic E-state index is -0.00313. The van der Waals surface area contributed by atoms with Crippen LogP contribution in [0.1, 0.15) is 19.4 Å². The molecular weight excluding hydrogens is 192 g/mol. The Morgan fingerprint density at radius 2 is 2.07 bits per heavy atom. The SMILES string of the molecule is CCc1ccc(OCC(C)=O)c(OC)c1. The first-order valence-electron chi connectivity index (χ1n) is 4.96. The molecule has 0 aliphatic carbocycles. The molecule has 3 heteroatoms. The van der Waals surface area contributed by atoms with E-state index in [1.807, 2.05) is 18.2 Å². The van der Waals surface area contributed by atoms with E-state index in [-0.39, 0.29) is 12.4 Å². The molecule has 0 fully saturated rings. The fourth-order valence-electron chi connectivity index (χ4n) is 1.23. The molecular formula is C12H16O3. The van der Waals surface area contributed by atoms with Crippen LogP contribution in [0.3, 0.4) is 0 Å². The van der Waals surface area contributed by atoms with Crippen molar-refractivity contribution in [1.82, 2.24) is 0 Å². The van der Waals surface area contributed by atoms with Crippen molar-refractivity contribution in [2.24, 2.45) is 0 Å². The lowest BCUT2D eigenvalue weighted by Crippen LogP contribution is -2.07. The molecule has 1 rings (SSSR count). The minimum absolute atomic E-state index is 0.00313. The van der Waals surface area contributed by atoms with E-state index in [2.05, 4.69) is 6.92 Å². The zero-order valence-corrected chi connectivity index (χ0v) is 9.37. The fraction of sp³-hybridized carbons (Fsp3) is 0.417. The standard InChI is InChI=1S/C12H16O3/c1-4-10-5-6-11(12(7-10)14-3)15-8-9(2)13/h5-7H,4,8H2,1-3H3. The second-order valence-corrected chi connectivity index (χ2v) is 3.33. The number of ether oxygens (including phenoxy) is 2. The smallest absolute Gasteiger partial charge is 0.167 e. The molecule has 0 aromatic heterocycles. The summed E-state index contributed by atoms with van der Waals surface area (Å²) >= 11 is 0. The van der Waals surface area contributed by atoms with E-state index in [9.17, 15) is 4.79 Å². The molecule has 15 heavy (non-hydrogen) atoms. The van der Waals surface area contributed by atoms with Crippen LogP contribution in [0.2, 0.25) is 0 Å². The number of hydrogen-bond acceptors (Lipinski definition) is 3. The molecule has 0 saturated carbocycles. The topological polar surface area (TPSA) is 35.5 Å². The summed E-state index contributed by atoms with van der Waals surface area (Å²) in [4.78, 5) is 10.8. The van der Waals surface area contributed by atoms with Gasteiger partial charge in [-0.2, -0.15) is 0 Å². The van der Waals surface area contributed by atoms with E-state index in [4.69, 9.17) is 9.47 Å². The maximum atomic E-state index is 10.8. The van der Waals surface area contributed by atoms with Gasteiger partial charge in [0, 0.05) is 0 Å². The number of rotatable bonds is 5. The van der Waals surface area contributed by atoms with Gasteiger partial charge in [-0.25, -0.2) is 0 Å². The first-order valence-corrected chi connectivity index (χ1v) is 4.96. The summed E-state index contributed by atoms with van der Waals surface area (Å²) in [6, 6.07) is 5.73. The van der Waals surface area contributed by atoms with Crippen molar-refractivity contribution in [3.8, 4) is 11.5 Å². The Morgan fingerprint density at radius 3 is 2.60 bits per heavy atom. The van der Waals surface area contributed by atoms with Crippen LogP contribution >= 0.6 is 0 Å². The molecule has 0 unspecified atom stereocenters. The molecule has 0 radical (unpaired) electrons. The normalized spacial score (nSPS) is 9.80. The molecule has 0 spiro atoms. The number of Topliss-reactive ketones (excluding diaryl/α,β-unsaturated/α-hetero) is 1. The molecule has 0 N–H and O–H groups in total. The zero-order valence-electron chi connectivity index (χ0n) is 9.37. The molecule has 82 valence electrons. The van der Waals surface area contributed by atoms with Crippen molar-refractivity contribution in [1.29, 1.82) is 0 Å². The van der Waals surface area contributed by atoms with E-state index in [1.54, 1.807) is 7.11 Å². The van der Waals surface area contributed by atoms with E-state index in [0.717, 1.165) is 6.42 Å². The first-order chi connectivity index (χ1) is 7.17. The van der Waals surface area contributed by atoms with Crippen LogP contribution in [0, 0.1) is 0 Å². The quantitative estimate of drug-likeness (QED) is 0.744. The van der Waals surface area contributed by atoms with Crippen LogP contribution in [-0.2, 0) is 11.2 Å². The number of benzene rings is 1. The second-order valence-electron chi connectivity index (χ2n) is 3.33. The third-order valence-corrected chi connectivity index (χ3v) is 2.07. The lowest BCUT2D eigenvalue weighted by Gasteiger charge is -2.10. The van der Waals surface area contributed by atoms with Gasteiger partial charge in [-0.3, -0.25) is 4.79 Å². The fourth-order valence-corrected chi connectivity index (χ4v) is 1.23. The van der Waals surface area contributed by atoms with Crippen molar-refractivity contribution in [3.63, 3.8) is 0 Å². The number of carbonyl (C=O) groups is 1. The van der Waals surface area contributed by atoms with Crippen molar-refractivity contribution < 1.29 is 14.3 Å². The van der Waals surface area contributed by atoms with Gasteiger partial charge in [-0.15, -0.1) is 0 Å². The molecule has 0 bridgehead atoms. The van der Waals surface area contributed by atoms with Crippen LogP contribution in [0.15, 0.2) is 18.2 Å². The molecule has 3 nitrogen and oxygen atoms in total. The Bertz CT molecular complexity index is 345. The molecule has 0 atom stereocenters.